The van der Waals surface area contributed by atoms with Crippen molar-refractivity contribution in [3.63, 3.8) is 0 Å². The normalized spacial score (nSPS) is 14.8. The zero-order valence-electron chi connectivity index (χ0n) is 16.0. The van der Waals surface area contributed by atoms with Gasteiger partial charge in [-0.2, -0.15) is 0 Å². The lowest BCUT2D eigenvalue weighted by molar-refractivity contribution is -0.139. The molecule has 1 atom stereocenters. The first-order valence-corrected chi connectivity index (χ1v) is 10.4. The Morgan fingerprint density at radius 1 is 1.00 bits per heavy atom. The molecule has 1 N–H and O–H groups in total. The number of likely N-dealkylation sites (tertiary alicyclic amines) is 1. The van der Waals surface area contributed by atoms with Crippen molar-refractivity contribution >= 4 is 29.1 Å². The highest BCUT2D eigenvalue weighted by atomic mass is 32.1. The molecule has 152 valence electrons. The van der Waals surface area contributed by atoms with Crippen molar-refractivity contribution < 1.29 is 18.8 Å². The Morgan fingerprint density at radius 2 is 1.67 bits per heavy atom. The molecule has 1 saturated heterocycles. The number of thiophene rings is 1. The smallest absolute Gasteiger partial charge is 0.252 e. The molecule has 0 aliphatic carbocycles. The topological polar surface area (TPSA) is 66.5 Å². The van der Waals surface area contributed by atoms with Gasteiger partial charge in [-0.1, -0.05) is 30.3 Å². The minimum atomic E-state index is -0.391. The largest absolute Gasteiger partial charge is 0.340 e. The molecular formula is C23H19FN2O3S. The Labute approximate surface area is 177 Å². The minimum Gasteiger partial charge on any atom is -0.340 e. The molecule has 1 aliphatic heterocycles. The minimum absolute atomic E-state index is 0.167. The number of hydrogen-bond donors (Lipinski definition) is 1. The maximum Gasteiger partial charge on any atom is 0.252 e. The zero-order chi connectivity index (χ0) is 21.1. The van der Waals surface area contributed by atoms with Gasteiger partial charge in [-0.15, -0.1) is 11.3 Å². The Kier molecular flexibility index (Phi) is 5.72. The number of carbonyl (C=O) groups excluding carboxylic acids is 3. The summed E-state index contributed by atoms with van der Waals surface area (Å²) in [6.45, 7) is 0.215. The molecule has 7 heteroatoms. The summed E-state index contributed by atoms with van der Waals surface area (Å²) in [5.74, 6) is -0.932. The van der Waals surface area contributed by atoms with Gasteiger partial charge in [0.2, 0.25) is 11.8 Å². The lowest BCUT2D eigenvalue weighted by Crippen LogP contribution is -2.29. The second kappa shape index (κ2) is 8.59. The maximum absolute atomic E-state index is 13.3. The average molecular weight is 422 g/mol. The lowest BCUT2D eigenvalue weighted by Gasteiger charge is -2.18. The van der Waals surface area contributed by atoms with Crippen LogP contribution < -0.4 is 5.32 Å². The van der Waals surface area contributed by atoms with E-state index in [0.29, 0.717) is 5.56 Å². The first-order chi connectivity index (χ1) is 14.5. The average Bonchev–Trinajstić information content (AvgIpc) is 3.39. The Bertz CT molecular complexity index is 1050. The third-order valence-electron chi connectivity index (χ3n) is 5.02. The van der Waals surface area contributed by atoms with Crippen molar-refractivity contribution in [1.29, 1.82) is 0 Å². The number of rotatable bonds is 6. The summed E-state index contributed by atoms with van der Waals surface area (Å²) in [5, 5.41) is 4.93. The van der Waals surface area contributed by atoms with Crippen LogP contribution in [-0.2, 0) is 16.1 Å². The lowest BCUT2D eigenvalue weighted by atomic mass is 10.0. The molecule has 0 radical (unpaired) electrons. The fourth-order valence-electron chi connectivity index (χ4n) is 3.39. The van der Waals surface area contributed by atoms with Crippen LogP contribution in [0.2, 0.25) is 0 Å². The number of benzene rings is 2. The first kappa shape index (κ1) is 20.0. The number of hydrogen-bond acceptors (Lipinski definition) is 4. The number of nitrogens with zero attached hydrogens (tertiary/aromatic N) is 1. The molecule has 1 unspecified atom stereocenters. The third-order valence-corrected chi connectivity index (χ3v) is 5.96. The quantitative estimate of drug-likeness (QED) is 0.610. The summed E-state index contributed by atoms with van der Waals surface area (Å²) in [6.07, 6.45) is 0.514. The summed E-state index contributed by atoms with van der Waals surface area (Å²) in [4.78, 5) is 38.6. The molecule has 30 heavy (non-hydrogen) atoms. The molecular weight excluding hydrogens is 403 g/mol. The van der Waals surface area contributed by atoms with Crippen LogP contribution in [0.1, 0.15) is 45.2 Å². The van der Waals surface area contributed by atoms with Gasteiger partial charge in [-0.25, -0.2) is 4.39 Å². The molecule has 0 bridgehead atoms. The van der Waals surface area contributed by atoms with Gasteiger partial charge in [0, 0.05) is 23.3 Å². The van der Waals surface area contributed by atoms with Crippen LogP contribution in [0.15, 0.2) is 66.0 Å². The second-order valence-corrected chi connectivity index (χ2v) is 8.02. The fourth-order valence-corrected chi connectivity index (χ4v) is 4.19. The van der Waals surface area contributed by atoms with Gasteiger partial charge in [0.25, 0.3) is 5.91 Å². The monoisotopic (exact) mass is 422 g/mol. The molecule has 2 aromatic carbocycles. The summed E-state index contributed by atoms with van der Waals surface area (Å²) >= 11 is 1.51. The molecule has 1 aromatic heterocycles. The highest BCUT2D eigenvalue weighted by Crippen LogP contribution is 2.27. The molecule has 1 aliphatic rings. The summed E-state index contributed by atoms with van der Waals surface area (Å²) in [7, 11) is 0. The van der Waals surface area contributed by atoms with E-state index in [1.807, 2.05) is 17.5 Å². The highest BCUT2D eigenvalue weighted by Gasteiger charge is 2.28. The maximum atomic E-state index is 13.3. The predicted molar refractivity (Wildman–Crippen MR) is 111 cm³/mol. The Hall–Kier alpha value is -3.32. The number of halogens is 1. The van der Waals surface area contributed by atoms with Gasteiger partial charge in [-0.3, -0.25) is 19.3 Å². The molecule has 1 fully saturated rings. The van der Waals surface area contributed by atoms with Gasteiger partial charge in [0.1, 0.15) is 5.82 Å². The fraction of sp³-hybridized carbons (Fsp3) is 0.174. The molecule has 0 saturated carbocycles. The van der Waals surface area contributed by atoms with Crippen LogP contribution in [0.5, 0.6) is 0 Å². The SMILES string of the molecule is O=C(NC(c1ccc(F)cc1)c1cccs1)c1ccc(CN2C(=O)CCC2=O)cc1. The molecule has 5 nitrogen and oxygen atoms in total. The first-order valence-electron chi connectivity index (χ1n) is 9.53. The van der Waals surface area contributed by atoms with Crippen LogP contribution in [0, 0.1) is 5.82 Å². The Balaban J connectivity index is 1.49. The van der Waals surface area contributed by atoms with Crippen LogP contribution in [0.3, 0.4) is 0 Å². The molecule has 0 spiro atoms. The van der Waals surface area contributed by atoms with Gasteiger partial charge in [0.05, 0.1) is 12.6 Å². The standard InChI is InChI=1S/C23H19FN2O3S/c24-18-9-7-16(8-10-18)22(19-2-1-13-30-19)25-23(29)17-5-3-15(4-6-17)14-26-20(27)11-12-21(26)28/h1-10,13,22H,11-12,14H2,(H,25,29). The van der Waals surface area contributed by atoms with E-state index in [2.05, 4.69) is 5.32 Å². The highest BCUT2D eigenvalue weighted by molar-refractivity contribution is 7.10. The Morgan fingerprint density at radius 3 is 2.27 bits per heavy atom. The van der Waals surface area contributed by atoms with Crippen molar-refractivity contribution in [1.82, 2.24) is 10.2 Å². The summed E-state index contributed by atoms with van der Waals surface area (Å²) in [5.41, 5.74) is 2.03. The van der Waals surface area contributed by atoms with Gasteiger partial charge < -0.3 is 5.32 Å². The van der Waals surface area contributed by atoms with E-state index in [1.165, 1.54) is 28.4 Å². The summed E-state index contributed by atoms with van der Waals surface area (Å²) < 4.78 is 13.3. The molecule has 4 rings (SSSR count). The third kappa shape index (κ3) is 4.31. The van der Waals surface area contributed by atoms with Crippen molar-refractivity contribution in [3.8, 4) is 0 Å². The van der Waals surface area contributed by atoms with Crippen LogP contribution >= 0.6 is 11.3 Å². The predicted octanol–water partition coefficient (Wildman–Crippen LogP) is 4.06. The van der Waals surface area contributed by atoms with E-state index in [1.54, 1.807) is 36.4 Å². The van der Waals surface area contributed by atoms with Gasteiger partial charge in [-0.05, 0) is 46.8 Å². The van der Waals surface area contributed by atoms with Gasteiger partial charge >= 0.3 is 0 Å². The van der Waals surface area contributed by atoms with E-state index in [0.717, 1.165) is 16.0 Å². The number of nitrogens with one attached hydrogen (secondary N) is 1. The van der Waals surface area contributed by atoms with Crippen LogP contribution in [0.4, 0.5) is 4.39 Å². The number of imide groups is 1. The molecule has 3 aromatic rings. The van der Waals surface area contributed by atoms with E-state index in [9.17, 15) is 18.8 Å². The summed E-state index contributed by atoms with van der Waals surface area (Å²) in [6, 6.07) is 16.3. The number of amides is 3. The van der Waals surface area contributed by atoms with Gasteiger partial charge in [0.15, 0.2) is 0 Å². The second-order valence-electron chi connectivity index (χ2n) is 7.04. The van der Waals surface area contributed by atoms with Crippen LogP contribution in [-0.4, -0.2) is 22.6 Å². The van der Waals surface area contributed by atoms with Crippen molar-refractivity contribution in [3.05, 3.63) is 93.4 Å². The van der Waals surface area contributed by atoms with E-state index in [-0.39, 0.29) is 42.9 Å². The van der Waals surface area contributed by atoms with Crippen molar-refractivity contribution in [2.75, 3.05) is 0 Å². The zero-order valence-corrected chi connectivity index (χ0v) is 16.8. The van der Waals surface area contributed by atoms with E-state index < -0.39 is 6.04 Å². The van der Waals surface area contributed by atoms with Crippen molar-refractivity contribution in [2.24, 2.45) is 0 Å². The van der Waals surface area contributed by atoms with E-state index >= 15 is 0 Å². The van der Waals surface area contributed by atoms with Crippen molar-refractivity contribution in [2.45, 2.75) is 25.4 Å². The van der Waals surface area contributed by atoms with E-state index in [4.69, 9.17) is 0 Å². The molecule has 2 heterocycles. The van der Waals surface area contributed by atoms with Crippen LogP contribution in [0.25, 0.3) is 0 Å². The molecule has 3 amide bonds. The number of carbonyl (C=O) groups is 3.